The Labute approximate surface area is 121 Å². The predicted octanol–water partition coefficient (Wildman–Crippen LogP) is 3.04. The molecular weight excluding hydrogens is 272 g/mol. The minimum absolute atomic E-state index is 0.0514. The highest BCUT2D eigenvalue weighted by Gasteiger charge is 2.18. The van der Waals surface area contributed by atoms with Crippen LogP contribution >= 0.6 is 0 Å². The smallest absolute Gasteiger partial charge is 0.269 e. The molecule has 0 spiro atoms. The van der Waals surface area contributed by atoms with Crippen molar-refractivity contribution >= 4 is 17.3 Å². The van der Waals surface area contributed by atoms with Crippen LogP contribution in [0.2, 0.25) is 0 Å². The van der Waals surface area contributed by atoms with E-state index in [4.69, 9.17) is 0 Å². The van der Waals surface area contributed by atoms with Gasteiger partial charge in [-0.15, -0.1) is 0 Å². The van der Waals surface area contributed by atoms with E-state index in [0.717, 1.165) is 0 Å². The molecule has 0 saturated carbocycles. The first kappa shape index (κ1) is 14.5. The molecule has 0 aliphatic heterocycles. The molecule has 6 heteroatoms. The predicted molar refractivity (Wildman–Crippen MR) is 78.2 cm³/mol. The second-order valence-electron chi connectivity index (χ2n) is 4.61. The number of carbonyl (C=O) groups is 1. The molecule has 0 aliphatic rings. The van der Waals surface area contributed by atoms with Crippen LogP contribution < -0.4 is 5.32 Å². The van der Waals surface area contributed by atoms with E-state index in [1.165, 1.54) is 24.3 Å². The molecule has 0 fully saturated rings. The van der Waals surface area contributed by atoms with Crippen molar-refractivity contribution in [1.29, 1.82) is 0 Å². The Balaban J connectivity index is 2.15. The van der Waals surface area contributed by atoms with Crippen molar-refractivity contribution in [3.63, 3.8) is 0 Å². The normalized spacial score (nSPS) is 11.7. The van der Waals surface area contributed by atoms with E-state index >= 15 is 0 Å². The second-order valence-corrected chi connectivity index (χ2v) is 4.61. The first-order chi connectivity index (χ1) is 9.97. The molecule has 2 aromatic carbocycles. The zero-order valence-corrected chi connectivity index (χ0v) is 11.3. The minimum atomic E-state index is -0.549. The fourth-order valence-electron chi connectivity index (χ4n) is 1.89. The Kier molecular flexibility index (Phi) is 4.18. The summed E-state index contributed by atoms with van der Waals surface area (Å²) in [6.45, 7) is 1.66. The number of carbonyl (C=O) groups excluding carboxylic acids is 1. The van der Waals surface area contributed by atoms with Crippen LogP contribution in [0.4, 0.5) is 11.4 Å². The van der Waals surface area contributed by atoms with Crippen LogP contribution in [0.1, 0.15) is 18.4 Å². The Bertz CT molecular complexity index is 685. The van der Waals surface area contributed by atoms with Crippen LogP contribution in [0, 0.1) is 10.1 Å². The molecule has 0 saturated heterocycles. The van der Waals surface area contributed by atoms with Crippen LogP contribution in [-0.4, -0.2) is 15.9 Å². The lowest BCUT2D eigenvalue weighted by Gasteiger charge is -2.12. The van der Waals surface area contributed by atoms with Gasteiger partial charge in [0.2, 0.25) is 5.91 Å². The number of aromatic hydroxyl groups is 1. The van der Waals surface area contributed by atoms with E-state index in [-0.39, 0.29) is 17.3 Å². The molecule has 2 N–H and O–H groups in total. The zero-order chi connectivity index (χ0) is 15.4. The molecule has 1 atom stereocenters. The highest BCUT2D eigenvalue weighted by Crippen LogP contribution is 2.23. The third kappa shape index (κ3) is 3.56. The van der Waals surface area contributed by atoms with Crippen LogP contribution in [0.5, 0.6) is 5.75 Å². The van der Waals surface area contributed by atoms with Crippen LogP contribution in [0.25, 0.3) is 0 Å². The van der Waals surface area contributed by atoms with Crippen LogP contribution in [-0.2, 0) is 4.79 Å². The average Bonchev–Trinajstić information content (AvgIpc) is 2.46. The quantitative estimate of drug-likeness (QED) is 0.667. The second kappa shape index (κ2) is 6.04. The number of non-ortho nitro benzene ring substituents is 1. The molecule has 0 heterocycles. The number of anilines is 1. The molecule has 108 valence electrons. The average molecular weight is 286 g/mol. The summed E-state index contributed by atoms with van der Waals surface area (Å²) in [5.41, 5.74) is 0.976. The van der Waals surface area contributed by atoms with Gasteiger partial charge >= 0.3 is 0 Å². The third-order valence-corrected chi connectivity index (χ3v) is 3.09. The largest absolute Gasteiger partial charge is 0.508 e. The number of hydrogen-bond acceptors (Lipinski definition) is 4. The van der Waals surface area contributed by atoms with Gasteiger partial charge in [-0.2, -0.15) is 0 Å². The lowest BCUT2D eigenvalue weighted by atomic mass is 9.99. The Morgan fingerprint density at radius 2 is 1.95 bits per heavy atom. The molecule has 0 aliphatic carbocycles. The maximum absolute atomic E-state index is 12.1. The summed E-state index contributed by atoms with van der Waals surface area (Å²) in [5.74, 6) is -0.802. The van der Waals surface area contributed by atoms with E-state index < -0.39 is 10.8 Å². The maximum atomic E-state index is 12.1. The van der Waals surface area contributed by atoms with E-state index in [1.807, 2.05) is 0 Å². The van der Waals surface area contributed by atoms with Crippen LogP contribution in [0.3, 0.4) is 0 Å². The molecule has 1 amide bonds. The Morgan fingerprint density at radius 1 is 1.24 bits per heavy atom. The lowest BCUT2D eigenvalue weighted by molar-refractivity contribution is -0.384. The number of nitrogens with zero attached hydrogens (tertiary/aromatic N) is 1. The van der Waals surface area contributed by atoms with Gasteiger partial charge in [0.25, 0.3) is 5.69 Å². The number of hydrogen-bond donors (Lipinski definition) is 2. The van der Waals surface area contributed by atoms with Crippen molar-refractivity contribution in [1.82, 2.24) is 0 Å². The molecule has 0 aromatic heterocycles. The summed E-state index contributed by atoms with van der Waals surface area (Å²) in [7, 11) is 0. The van der Waals surface area contributed by atoms with E-state index in [2.05, 4.69) is 5.32 Å². The Morgan fingerprint density at radius 3 is 2.62 bits per heavy atom. The standard InChI is InChI=1S/C15H14N2O4/c1-10(11-4-2-6-13(8-11)17(20)21)15(19)16-12-5-3-7-14(18)9-12/h2-10,18H,1H3,(H,16,19). The fraction of sp³-hybridized carbons (Fsp3) is 0.133. The van der Waals surface area contributed by atoms with Gasteiger partial charge < -0.3 is 10.4 Å². The number of phenols is 1. The van der Waals surface area contributed by atoms with Gasteiger partial charge in [-0.1, -0.05) is 18.2 Å². The van der Waals surface area contributed by atoms with Gasteiger partial charge in [0.15, 0.2) is 0 Å². The molecular formula is C15H14N2O4. The van der Waals surface area contributed by atoms with Crippen molar-refractivity contribution in [2.45, 2.75) is 12.8 Å². The number of nitrogens with one attached hydrogen (secondary N) is 1. The molecule has 2 aromatic rings. The number of nitro benzene ring substituents is 1. The maximum Gasteiger partial charge on any atom is 0.269 e. The lowest BCUT2D eigenvalue weighted by Crippen LogP contribution is -2.18. The summed E-state index contributed by atoms with van der Waals surface area (Å²) in [6.07, 6.45) is 0. The van der Waals surface area contributed by atoms with Gasteiger partial charge in [-0.25, -0.2) is 0 Å². The van der Waals surface area contributed by atoms with Gasteiger partial charge in [0.1, 0.15) is 5.75 Å². The molecule has 0 radical (unpaired) electrons. The first-order valence-corrected chi connectivity index (χ1v) is 6.31. The molecule has 21 heavy (non-hydrogen) atoms. The summed E-state index contributed by atoms with van der Waals surface area (Å²) >= 11 is 0. The van der Waals surface area contributed by atoms with Gasteiger partial charge in [-0.3, -0.25) is 14.9 Å². The molecule has 6 nitrogen and oxygen atoms in total. The molecule has 2 rings (SSSR count). The number of rotatable bonds is 4. The van der Waals surface area contributed by atoms with Crippen molar-refractivity contribution in [2.24, 2.45) is 0 Å². The van der Waals surface area contributed by atoms with Crippen molar-refractivity contribution in [3.05, 3.63) is 64.2 Å². The SMILES string of the molecule is CC(C(=O)Nc1cccc(O)c1)c1cccc([N+](=O)[O-])c1. The summed E-state index contributed by atoms with van der Waals surface area (Å²) in [4.78, 5) is 22.4. The number of nitro groups is 1. The number of benzene rings is 2. The van der Waals surface area contributed by atoms with E-state index in [9.17, 15) is 20.0 Å². The van der Waals surface area contributed by atoms with Gasteiger partial charge in [0, 0.05) is 23.9 Å². The van der Waals surface area contributed by atoms with Gasteiger partial charge in [-0.05, 0) is 24.6 Å². The van der Waals surface area contributed by atoms with Crippen molar-refractivity contribution in [3.8, 4) is 5.75 Å². The molecule has 1 unspecified atom stereocenters. The highest BCUT2D eigenvalue weighted by molar-refractivity contribution is 5.95. The monoisotopic (exact) mass is 286 g/mol. The van der Waals surface area contributed by atoms with Crippen molar-refractivity contribution < 1.29 is 14.8 Å². The summed E-state index contributed by atoms with van der Waals surface area (Å²) < 4.78 is 0. The first-order valence-electron chi connectivity index (χ1n) is 6.31. The minimum Gasteiger partial charge on any atom is -0.508 e. The summed E-state index contributed by atoms with van der Waals surface area (Å²) in [5, 5.41) is 22.8. The topological polar surface area (TPSA) is 92.5 Å². The number of phenolic OH excluding ortho intramolecular Hbond substituents is 1. The van der Waals surface area contributed by atoms with Crippen molar-refractivity contribution in [2.75, 3.05) is 5.32 Å². The van der Waals surface area contributed by atoms with Gasteiger partial charge in [0.05, 0.1) is 10.8 Å². The fourth-order valence-corrected chi connectivity index (χ4v) is 1.89. The number of amides is 1. The third-order valence-electron chi connectivity index (χ3n) is 3.09. The highest BCUT2D eigenvalue weighted by atomic mass is 16.6. The Hall–Kier alpha value is -2.89. The molecule has 0 bridgehead atoms. The summed E-state index contributed by atoms with van der Waals surface area (Å²) in [6, 6.07) is 12.2. The van der Waals surface area contributed by atoms with Crippen LogP contribution in [0.15, 0.2) is 48.5 Å². The zero-order valence-electron chi connectivity index (χ0n) is 11.3. The van der Waals surface area contributed by atoms with E-state index in [1.54, 1.807) is 31.2 Å². The van der Waals surface area contributed by atoms with E-state index in [0.29, 0.717) is 11.3 Å².